The van der Waals surface area contributed by atoms with Gasteiger partial charge in [0.2, 0.25) is 10.0 Å². The molecule has 1 aromatic carbocycles. The number of carbonyl (C=O) groups is 4. The molecule has 0 unspecified atom stereocenters. The summed E-state index contributed by atoms with van der Waals surface area (Å²) in [5.74, 6) is -2.87. The van der Waals surface area contributed by atoms with Crippen LogP contribution in [0.1, 0.15) is 39.7 Å². The highest BCUT2D eigenvalue weighted by atomic mass is 32.2. The Morgan fingerprint density at radius 1 is 0.875 bits per heavy atom. The lowest BCUT2D eigenvalue weighted by Gasteiger charge is -2.44. The number of esters is 4. The van der Waals surface area contributed by atoms with E-state index in [9.17, 15) is 27.6 Å². The van der Waals surface area contributed by atoms with Gasteiger partial charge in [0.25, 0.3) is 0 Å². The van der Waals surface area contributed by atoms with Crippen LogP contribution in [0.25, 0.3) is 0 Å². The zero-order valence-corrected chi connectivity index (χ0v) is 23.7. The van der Waals surface area contributed by atoms with Gasteiger partial charge >= 0.3 is 23.9 Å². The molecule has 5 atom stereocenters. The third-order valence-electron chi connectivity index (χ3n) is 5.17. The molecule has 0 amide bonds. The molecule has 0 radical (unpaired) electrons. The first-order valence-electron chi connectivity index (χ1n) is 12.2. The number of sulfonamides is 1. The largest absolute Gasteiger partial charge is 0.463 e. The molecule has 1 aromatic rings. The summed E-state index contributed by atoms with van der Waals surface area (Å²) in [6.45, 7) is 4.08. The molecule has 2 rings (SSSR count). The Bertz CT molecular complexity index is 1170. The van der Waals surface area contributed by atoms with Gasteiger partial charge < -0.3 is 28.4 Å². The second kappa shape index (κ2) is 15.3. The van der Waals surface area contributed by atoms with Crippen LogP contribution in [0.4, 0.5) is 0 Å². The fraction of sp³-hybridized carbons (Fsp3) is 0.560. The number of ether oxygens (including phenoxy) is 6. The van der Waals surface area contributed by atoms with Gasteiger partial charge in [-0.2, -0.15) is 0 Å². The van der Waals surface area contributed by atoms with Crippen LogP contribution in [0.15, 0.2) is 35.3 Å². The SMILES string of the molecule is CC(=O)OC[C@H]1O[C@@H](OCCC(=NCc2ccccc2)NS(C)(=O)=O)[C@H](OC(C)=O)[C@@H](OC(C)=O)[C@H]1OC(C)=O. The average Bonchev–Trinajstić information content (AvgIpc) is 2.83. The molecule has 1 fully saturated rings. The molecule has 0 bridgehead atoms. The number of amidine groups is 1. The minimum absolute atomic E-state index is 0.0349. The molecule has 14 nitrogen and oxygen atoms in total. The first kappa shape index (κ1) is 32.7. The standard InChI is InChI=1S/C25H34N2O12S/c1-15(28)35-14-20-22(36-16(2)29)23(37-17(3)30)24(38-18(4)31)25(39-20)34-12-11-21(27-40(5,32)33)26-13-19-9-7-6-8-10-19/h6-10,20,22-25H,11-14H2,1-5H3,(H,26,27)/t20-,22+,23+,24-,25-/m1/s1. The molecule has 15 heteroatoms. The van der Waals surface area contributed by atoms with E-state index in [4.69, 9.17) is 28.4 Å². The molecular weight excluding hydrogens is 552 g/mol. The van der Waals surface area contributed by atoms with Gasteiger partial charge in [0, 0.05) is 34.1 Å². The Morgan fingerprint density at radius 2 is 1.45 bits per heavy atom. The van der Waals surface area contributed by atoms with Crippen LogP contribution >= 0.6 is 0 Å². The van der Waals surface area contributed by atoms with Crippen LogP contribution < -0.4 is 4.72 Å². The van der Waals surface area contributed by atoms with Gasteiger partial charge in [0.1, 0.15) is 18.5 Å². The van der Waals surface area contributed by atoms with Crippen molar-refractivity contribution in [3.05, 3.63) is 35.9 Å². The fourth-order valence-electron chi connectivity index (χ4n) is 3.74. The maximum Gasteiger partial charge on any atom is 0.303 e. The van der Waals surface area contributed by atoms with Crippen LogP contribution in [-0.4, -0.2) is 88.3 Å². The number of nitrogens with one attached hydrogen (secondary N) is 1. The van der Waals surface area contributed by atoms with Crippen LogP contribution in [0, 0.1) is 0 Å². The Morgan fingerprint density at radius 3 is 2.00 bits per heavy atom. The Labute approximate surface area is 232 Å². The minimum atomic E-state index is -3.67. The molecule has 1 heterocycles. The van der Waals surface area contributed by atoms with Gasteiger partial charge in [-0.3, -0.25) is 28.9 Å². The van der Waals surface area contributed by atoms with E-state index in [1.165, 1.54) is 0 Å². The Kier molecular flexibility index (Phi) is 12.5. The second-order valence-corrected chi connectivity index (χ2v) is 10.6. The first-order valence-corrected chi connectivity index (χ1v) is 14.1. The van der Waals surface area contributed by atoms with Gasteiger partial charge in [0.05, 0.1) is 19.4 Å². The van der Waals surface area contributed by atoms with Gasteiger partial charge in [-0.15, -0.1) is 0 Å². The summed E-state index contributed by atoms with van der Waals surface area (Å²) in [7, 11) is -3.67. The molecule has 0 saturated carbocycles. The van der Waals surface area contributed by atoms with Gasteiger partial charge in [-0.05, 0) is 5.56 Å². The molecule has 1 aliphatic rings. The molecule has 0 aliphatic carbocycles. The van der Waals surface area contributed by atoms with E-state index in [1.807, 2.05) is 30.3 Å². The molecule has 40 heavy (non-hydrogen) atoms. The molecule has 0 aromatic heterocycles. The molecule has 1 saturated heterocycles. The normalized spacial score (nSPS) is 23.0. The number of hydrogen-bond acceptors (Lipinski definition) is 13. The van der Waals surface area contributed by atoms with Crippen molar-refractivity contribution in [3.8, 4) is 0 Å². The zero-order chi connectivity index (χ0) is 29.9. The summed E-state index contributed by atoms with van der Waals surface area (Å²) >= 11 is 0. The maximum atomic E-state index is 11.9. The van der Waals surface area contributed by atoms with E-state index in [-0.39, 0.29) is 25.4 Å². The number of rotatable bonds is 12. The van der Waals surface area contributed by atoms with E-state index < -0.39 is 71.2 Å². The van der Waals surface area contributed by atoms with E-state index in [1.54, 1.807) is 0 Å². The summed E-state index contributed by atoms with van der Waals surface area (Å²) in [6.07, 6.45) is -5.72. The van der Waals surface area contributed by atoms with Crippen LogP contribution in [-0.2, 0) is 64.2 Å². The quantitative estimate of drug-likeness (QED) is 0.156. The van der Waals surface area contributed by atoms with Crippen molar-refractivity contribution in [1.82, 2.24) is 4.72 Å². The third-order valence-corrected chi connectivity index (χ3v) is 5.77. The van der Waals surface area contributed by atoms with Crippen LogP contribution in [0.2, 0.25) is 0 Å². The molecule has 222 valence electrons. The van der Waals surface area contributed by atoms with E-state index in [2.05, 4.69) is 9.71 Å². The summed E-state index contributed by atoms with van der Waals surface area (Å²) < 4.78 is 58.8. The van der Waals surface area contributed by atoms with Crippen molar-refractivity contribution in [3.63, 3.8) is 0 Å². The lowest BCUT2D eigenvalue weighted by molar-refractivity contribution is -0.307. The zero-order valence-electron chi connectivity index (χ0n) is 22.9. The number of hydrogen-bond donors (Lipinski definition) is 1. The molecule has 0 spiro atoms. The summed E-state index contributed by atoms with van der Waals surface area (Å²) in [5, 5.41) is 0. The van der Waals surface area contributed by atoms with Gasteiger partial charge in [0.15, 0.2) is 24.6 Å². The number of aliphatic imine (C=N–C) groups is 1. The van der Waals surface area contributed by atoms with Gasteiger partial charge in [-0.25, -0.2) is 8.42 Å². The van der Waals surface area contributed by atoms with Crippen molar-refractivity contribution in [2.24, 2.45) is 4.99 Å². The predicted molar refractivity (Wildman–Crippen MR) is 138 cm³/mol. The number of carbonyl (C=O) groups excluding carboxylic acids is 4. The lowest BCUT2D eigenvalue weighted by Crippen LogP contribution is -2.63. The third kappa shape index (κ3) is 11.7. The van der Waals surface area contributed by atoms with Crippen molar-refractivity contribution in [1.29, 1.82) is 0 Å². The van der Waals surface area contributed by atoms with Crippen molar-refractivity contribution in [2.45, 2.75) is 71.4 Å². The Balaban J connectivity index is 2.30. The molecule has 1 N–H and O–H groups in total. The van der Waals surface area contributed by atoms with E-state index in [0.717, 1.165) is 39.5 Å². The number of benzene rings is 1. The highest BCUT2D eigenvalue weighted by molar-refractivity contribution is 7.89. The van der Waals surface area contributed by atoms with Crippen LogP contribution in [0.3, 0.4) is 0 Å². The number of nitrogens with zero attached hydrogens (tertiary/aromatic N) is 1. The van der Waals surface area contributed by atoms with Crippen molar-refractivity contribution >= 4 is 39.7 Å². The minimum Gasteiger partial charge on any atom is -0.463 e. The summed E-state index contributed by atoms with van der Waals surface area (Å²) in [5.41, 5.74) is 0.843. The van der Waals surface area contributed by atoms with Crippen molar-refractivity contribution < 1.29 is 56.0 Å². The monoisotopic (exact) mass is 586 g/mol. The van der Waals surface area contributed by atoms with Gasteiger partial charge in [-0.1, -0.05) is 30.3 Å². The highest BCUT2D eigenvalue weighted by Crippen LogP contribution is 2.30. The van der Waals surface area contributed by atoms with E-state index >= 15 is 0 Å². The maximum absolute atomic E-state index is 11.9. The van der Waals surface area contributed by atoms with Crippen LogP contribution in [0.5, 0.6) is 0 Å². The van der Waals surface area contributed by atoms with Crippen molar-refractivity contribution in [2.75, 3.05) is 19.5 Å². The lowest BCUT2D eigenvalue weighted by atomic mass is 9.98. The summed E-state index contributed by atoms with van der Waals surface area (Å²) in [4.78, 5) is 51.5. The molecular formula is C25H34N2O12S. The first-order chi connectivity index (χ1) is 18.7. The highest BCUT2D eigenvalue weighted by Gasteiger charge is 2.52. The molecule has 1 aliphatic heterocycles. The Hall–Kier alpha value is -3.56. The fourth-order valence-corrected chi connectivity index (χ4v) is 4.34. The average molecular weight is 587 g/mol. The second-order valence-electron chi connectivity index (χ2n) is 8.81. The predicted octanol–water partition coefficient (Wildman–Crippen LogP) is 0.624. The summed E-state index contributed by atoms with van der Waals surface area (Å²) in [6, 6.07) is 9.14. The van der Waals surface area contributed by atoms with E-state index in [0.29, 0.717) is 0 Å². The smallest absolute Gasteiger partial charge is 0.303 e. The topological polar surface area (TPSA) is 182 Å².